The Morgan fingerprint density at radius 2 is 1.55 bits per heavy atom. The number of nitrogens with one attached hydrogen (secondary N) is 1. The molecule has 2 N–H and O–H groups in total. The van der Waals surface area contributed by atoms with Gasteiger partial charge in [-0.05, 0) is 40.5 Å². The molecule has 0 aliphatic carbocycles. The molecule has 0 radical (unpaired) electrons. The Balaban J connectivity index is 1.34. The number of hydrazine groups is 1. The van der Waals surface area contributed by atoms with Gasteiger partial charge < -0.3 is 25.1 Å². The third-order valence-electron chi connectivity index (χ3n) is 9.06. The second kappa shape index (κ2) is 15.1. The van der Waals surface area contributed by atoms with Crippen molar-refractivity contribution in [3.05, 3.63) is 144 Å². The zero-order valence-electron chi connectivity index (χ0n) is 27.7. The highest BCUT2D eigenvalue weighted by molar-refractivity contribution is 5.92. The van der Waals surface area contributed by atoms with Crippen molar-refractivity contribution in [3.63, 3.8) is 0 Å². The summed E-state index contributed by atoms with van der Waals surface area (Å²) in [5.41, 5.74) is 4.84. The van der Waals surface area contributed by atoms with E-state index in [0.717, 1.165) is 22.4 Å². The largest absolute Gasteiger partial charge is 0.508 e. The van der Waals surface area contributed by atoms with Crippen LogP contribution in [-0.2, 0) is 35.6 Å². The fourth-order valence-corrected chi connectivity index (χ4v) is 6.72. The van der Waals surface area contributed by atoms with Crippen molar-refractivity contribution in [3.8, 4) is 5.75 Å². The molecule has 10 heteroatoms. The SMILES string of the molecule is C=CCN1CC(=O)N2[C@@H](Cc3ccc(O)cc3)C(=O)N(Cc3ccccc3N(C)Cc3ccccc3)C[C@@H]2N1C(=O)NCc1ccccc1. The minimum Gasteiger partial charge on any atom is -0.508 e. The molecule has 0 unspecified atom stereocenters. The van der Waals surface area contributed by atoms with E-state index in [1.54, 1.807) is 50.2 Å². The molecule has 0 spiro atoms. The smallest absolute Gasteiger partial charge is 0.334 e. The number of rotatable bonds is 11. The lowest BCUT2D eigenvalue weighted by Gasteiger charge is -2.55. The first-order valence-electron chi connectivity index (χ1n) is 16.5. The highest BCUT2D eigenvalue weighted by atomic mass is 16.3. The van der Waals surface area contributed by atoms with Gasteiger partial charge in [0, 0.05) is 45.3 Å². The number of anilines is 1. The zero-order chi connectivity index (χ0) is 34.3. The van der Waals surface area contributed by atoms with Crippen molar-refractivity contribution >= 4 is 23.5 Å². The van der Waals surface area contributed by atoms with Crippen molar-refractivity contribution in [2.75, 3.05) is 31.6 Å². The Morgan fingerprint density at radius 3 is 2.24 bits per heavy atom. The number of fused-ring (bicyclic) bond motifs is 1. The summed E-state index contributed by atoms with van der Waals surface area (Å²) in [5, 5.41) is 16.2. The van der Waals surface area contributed by atoms with Gasteiger partial charge in [0.2, 0.25) is 11.8 Å². The van der Waals surface area contributed by atoms with E-state index >= 15 is 0 Å². The van der Waals surface area contributed by atoms with Crippen molar-refractivity contribution in [1.29, 1.82) is 0 Å². The minimum atomic E-state index is -0.861. The molecule has 2 aliphatic rings. The van der Waals surface area contributed by atoms with Crippen LogP contribution in [0.4, 0.5) is 10.5 Å². The fraction of sp³-hybridized carbons (Fsp3) is 0.256. The number of carbonyl (C=O) groups excluding carboxylic acids is 3. The molecular formula is C39H42N6O4. The molecule has 2 aliphatic heterocycles. The molecule has 2 fully saturated rings. The summed E-state index contributed by atoms with van der Waals surface area (Å²) in [7, 11) is 2.03. The Labute approximate surface area is 287 Å². The molecule has 10 nitrogen and oxygen atoms in total. The molecule has 4 aromatic rings. The fourth-order valence-electron chi connectivity index (χ4n) is 6.72. The number of hydrogen-bond acceptors (Lipinski definition) is 6. The quantitative estimate of drug-likeness (QED) is 0.226. The predicted molar refractivity (Wildman–Crippen MR) is 189 cm³/mol. The maximum atomic E-state index is 14.5. The maximum absolute atomic E-state index is 14.5. The summed E-state index contributed by atoms with van der Waals surface area (Å²) < 4.78 is 0. The molecule has 2 atom stereocenters. The summed E-state index contributed by atoms with van der Waals surface area (Å²) in [6.45, 7) is 5.48. The number of phenolic OH excluding ortho intramolecular Hbond substituents is 1. The molecule has 4 amide bonds. The first-order valence-corrected chi connectivity index (χ1v) is 16.5. The van der Waals surface area contributed by atoms with Crippen molar-refractivity contribution in [2.24, 2.45) is 0 Å². The van der Waals surface area contributed by atoms with Crippen LogP contribution < -0.4 is 10.2 Å². The topological polar surface area (TPSA) is 99.7 Å². The van der Waals surface area contributed by atoms with Gasteiger partial charge in [0.15, 0.2) is 0 Å². The third-order valence-corrected chi connectivity index (χ3v) is 9.06. The van der Waals surface area contributed by atoms with Crippen LogP contribution in [0.2, 0.25) is 0 Å². The molecule has 6 rings (SSSR count). The van der Waals surface area contributed by atoms with E-state index in [0.29, 0.717) is 19.6 Å². The average Bonchev–Trinajstić information content (AvgIpc) is 3.11. The molecule has 0 saturated carbocycles. The van der Waals surface area contributed by atoms with E-state index in [2.05, 4.69) is 28.9 Å². The summed E-state index contributed by atoms with van der Waals surface area (Å²) in [6.07, 6.45) is 1.14. The van der Waals surface area contributed by atoms with Gasteiger partial charge in [-0.15, -0.1) is 6.58 Å². The van der Waals surface area contributed by atoms with Gasteiger partial charge >= 0.3 is 6.03 Å². The van der Waals surface area contributed by atoms with Crippen LogP contribution in [0.3, 0.4) is 0 Å². The molecular weight excluding hydrogens is 616 g/mol. The van der Waals surface area contributed by atoms with E-state index in [1.807, 2.05) is 79.8 Å². The standard InChI is InChI=1S/C39H42N6O4/c1-3-22-43-28-37(47)44-35(23-29-18-20-33(46)21-19-29)38(48)42(27-36(44)45(43)39(49)40-24-30-12-6-4-7-13-30)26-32-16-10-11-17-34(32)41(2)25-31-14-8-5-9-15-31/h3-21,35-36,46H,1,22-28H2,2H3,(H,40,49)/t35-,36-/m0/s1. The molecule has 2 saturated heterocycles. The molecule has 4 aromatic carbocycles. The average molecular weight is 659 g/mol. The van der Waals surface area contributed by atoms with Gasteiger partial charge in [-0.3, -0.25) is 9.59 Å². The summed E-state index contributed by atoms with van der Waals surface area (Å²) in [5.74, 6) is -0.316. The van der Waals surface area contributed by atoms with E-state index in [9.17, 15) is 19.5 Å². The van der Waals surface area contributed by atoms with E-state index in [4.69, 9.17) is 0 Å². The molecule has 0 bridgehead atoms. The van der Waals surface area contributed by atoms with Crippen LogP contribution in [0, 0.1) is 0 Å². The number of urea groups is 1. The first-order chi connectivity index (χ1) is 23.8. The van der Waals surface area contributed by atoms with Crippen LogP contribution in [0.1, 0.15) is 22.3 Å². The van der Waals surface area contributed by atoms with Gasteiger partial charge in [0.1, 0.15) is 18.0 Å². The van der Waals surface area contributed by atoms with Gasteiger partial charge in [-0.2, -0.15) is 0 Å². The lowest BCUT2D eigenvalue weighted by atomic mass is 9.98. The zero-order valence-corrected chi connectivity index (χ0v) is 27.7. The van der Waals surface area contributed by atoms with E-state index in [-0.39, 0.29) is 49.7 Å². The number of amides is 4. The monoisotopic (exact) mass is 658 g/mol. The van der Waals surface area contributed by atoms with Crippen LogP contribution in [0.5, 0.6) is 5.75 Å². The lowest BCUT2D eigenvalue weighted by molar-refractivity contribution is -0.189. The van der Waals surface area contributed by atoms with Crippen LogP contribution >= 0.6 is 0 Å². The summed E-state index contributed by atoms with van der Waals surface area (Å²) >= 11 is 0. The molecule has 2 heterocycles. The number of para-hydroxylation sites is 1. The Morgan fingerprint density at radius 1 is 0.898 bits per heavy atom. The van der Waals surface area contributed by atoms with Crippen molar-refractivity contribution in [1.82, 2.24) is 25.1 Å². The van der Waals surface area contributed by atoms with E-state index < -0.39 is 12.2 Å². The Hall–Kier alpha value is -5.61. The summed E-state index contributed by atoms with van der Waals surface area (Å²) in [4.78, 5) is 48.0. The van der Waals surface area contributed by atoms with E-state index in [1.165, 1.54) is 5.56 Å². The van der Waals surface area contributed by atoms with Crippen LogP contribution in [-0.4, -0.2) is 81.7 Å². The van der Waals surface area contributed by atoms with Gasteiger partial charge in [-0.25, -0.2) is 14.8 Å². The highest BCUT2D eigenvalue weighted by Crippen LogP contribution is 2.31. The third kappa shape index (κ3) is 7.60. The second-order valence-electron chi connectivity index (χ2n) is 12.5. The normalized spacial score (nSPS) is 17.9. The summed E-state index contributed by atoms with van der Waals surface area (Å²) in [6, 6.07) is 33.3. The molecule has 0 aromatic heterocycles. The number of piperazine rings is 1. The molecule has 49 heavy (non-hydrogen) atoms. The first kappa shape index (κ1) is 33.3. The predicted octanol–water partition coefficient (Wildman–Crippen LogP) is 4.77. The Kier molecular flexibility index (Phi) is 10.2. The van der Waals surface area contributed by atoms with Gasteiger partial charge in [-0.1, -0.05) is 97.1 Å². The van der Waals surface area contributed by atoms with Gasteiger partial charge in [0.25, 0.3) is 0 Å². The molecule has 252 valence electrons. The number of hydrogen-bond donors (Lipinski definition) is 2. The van der Waals surface area contributed by atoms with Crippen molar-refractivity contribution < 1.29 is 19.5 Å². The number of benzene rings is 4. The number of nitrogens with zero attached hydrogens (tertiary/aromatic N) is 5. The highest BCUT2D eigenvalue weighted by Gasteiger charge is 2.51. The van der Waals surface area contributed by atoms with Crippen LogP contribution in [0.25, 0.3) is 0 Å². The Bertz CT molecular complexity index is 1770. The second-order valence-corrected chi connectivity index (χ2v) is 12.5. The number of aromatic hydroxyl groups is 1. The van der Waals surface area contributed by atoms with Crippen LogP contribution in [0.15, 0.2) is 122 Å². The maximum Gasteiger partial charge on any atom is 0.334 e. The number of carbonyl (C=O) groups is 3. The lowest BCUT2D eigenvalue weighted by Crippen LogP contribution is -2.76. The number of phenols is 1. The minimum absolute atomic E-state index is 0.0756. The van der Waals surface area contributed by atoms with Gasteiger partial charge in [0.05, 0.1) is 13.1 Å². The van der Waals surface area contributed by atoms with Crippen molar-refractivity contribution in [2.45, 2.75) is 38.3 Å².